The largest absolute Gasteiger partial charge is 0.397 e. The monoisotopic (exact) mass is 234 g/mol. The van der Waals surface area contributed by atoms with Crippen LogP contribution in [0, 0.1) is 0 Å². The van der Waals surface area contributed by atoms with Crippen LogP contribution in [0.25, 0.3) is 0 Å². The number of nitrogen functional groups attached to an aromatic ring is 1. The maximum Gasteiger partial charge on any atom is 0.251 e. The van der Waals surface area contributed by atoms with Gasteiger partial charge in [0.1, 0.15) is 0 Å². The van der Waals surface area contributed by atoms with Gasteiger partial charge in [-0.25, -0.2) is 0 Å². The number of rotatable bonds is 2. The molecule has 92 valence electrons. The highest BCUT2D eigenvalue weighted by molar-refractivity contribution is 5.96. The van der Waals surface area contributed by atoms with E-state index in [4.69, 9.17) is 5.73 Å². The fraction of sp³-hybridized carbons (Fsp3) is 0.417. The number of hydrogen-bond acceptors (Lipinski definition) is 4. The number of nitrogens with two attached hydrogens (primary N) is 1. The van der Waals surface area contributed by atoms with Crippen molar-refractivity contribution in [3.05, 3.63) is 23.8 Å². The number of nitrogens with zero attached hydrogens (tertiary/aromatic N) is 1. The summed E-state index contributed by atoms with van der Waals surface area (Å²) < 4.78 is 0. The molecule has 2 rings (SSSR count). The van der Waals surface area contributed by atoms with Crippen LogP contribution in [0.2, 0.25) is 0 Å². The molecule has 0 spiro atoms. The zero-order valence-corrected chi connectivity index (χ0v) is 9.99. The van der Waals surface area contributed by atoms with Crippen molar-refractivity contribution < 1.29 is 4.79 Å². The van der Waals surface area contributed by atoms with Gasteiger partial charge in [-0.2, -0.15) is 0 Å². The van der Waals surface area contributed by atoms with Gasteiger partial charge in [-0.3, -0.25) is 4.79 Å². The molecule has 0 atom stereocenters. The van der Waals surface area contributed by atoms with Gasteiger partial charge < -0.3 is 21.3 Å². The van der Waals surface area contributed by atoms with E-state index >= 15 is 0 Å². The lowest BCUT2D eigenvalue weighted by Gasteiger charge is -2.30. The first-order chi connectivity index (χ1) is 8.22. The first-order valence-corrected chi connectivity index (χ1v) is 5.79. The summed E-state index contributed by atoms with van der Waals surface area (Å²) in [6.07, 6.45) is 0. The van der Waals surface area contributed by atoms with Gasteiger partial charge in [-0.05, 0) is 18.2 Å². The average Bonchev–Trinajstić information content (AvgIpc) is 2.38. The predicted molar refractivity (Wildman–Crippen MR) is 69.3 cm³/mol. The number of carbonyl (C=O) groups is 1. The number of carbonyl (C=O) groups excluding carboxylic acids is 1. The van der Waals surface area contributed by atoms with Crippen LogP contribution < -0.4 is 21.3 Å². The molecule has 1 saturated heterocycles. The van der Waals surface area contributed by atoms with Crippen molar-refractivity contribution in [3.63, 3.8) is 0 Å². The third-order valence-corrected chi connectivity index (χ3v) is 2.97. The van der Waals surface area contributed by atoms with Gasteiger partial charge in [0.2, 0.25) is 0 Å². The molecule has 1 fully saturated rings. The van der Waals surface area contributed by atoms with Crippen LogP contribution in [0.1, 0.15) is 10.4 Å². The fourth-order valence-electron chi connectivity index (χ4n) is 2.03. The van der Waals surface area contributed by atoms with Gasteiger partial charge in [0, 0.05) is 38.8 Å². The summed E-state index contributed by atoms with van der Waals surface area (Å²) in [4.78, 5) is 13.7. The zero-order valence-electron chi connectivity index (χ0n) is 9.99. The van der Waals surface area contributed by atoms with E-state index in [1.54, 1.807) is 13.1 Å². The molecule has 0 unspecified atom stereocenters. The lowest BCUT2D eigenvalue weighted by atomic mass is 10.1. The SMILES string of the molecule is CNC(=O)c1ccc(N2CCNCC2)c(N)c1. The van der Waals surface area contributed by atoms with Gasteiger partial charge in [0.15, 0.2) is 0 Å². The van der Waals surface area contributed by atoms with Crippen LogP contribution in [0.15, 0.2) is 18.2 Å². The van der Waals surface area contributed by atoms with Crippen LogP contribution in [0.4, 0.5) is 11.4 Å². The summed E-state index contributed by atoms with van der Waals surface area (Å²) in [7, 11) is 1.61. The Balaban J connectivity index is 2.21. The minimum atomic E-state index is -0.108. The van der Waals surface area contributed by atoms with Crippen LogP contribution in [-0.2, 0) is 0 Å². The summed E-state index contributed by atoms with van der Waals surface area (Å²) in [5.41, 5.74) is 8.28. The molecular weight excluding hydrogens is 216 g/mol. The van der Waals surface area contributed by atoms with Crippen LogP contribution >= 0.6 is 0 Å². The molecule has 1 aliphatic rings. The minimum absolute atomic E-state index is 0.108. The van der Waals surface area contributed by atoms with Crippen LogP contribution in [0.5, 0.6) is 0 Å². The Morgan fingerprint density at radius 2 is 2.12 bits per heavy atom. The molecule has 5 heteroatoms. The van der Waals surface area contributed by atoms with E-state index in [9.17, 15) is 4.79 Å². The zero-order chi connectivity index (χ0) is 12.3. The van der Waals surface area contributed by atoms with E-state index in [0.29, 0.717) is 11.3 Å². The number of benzene rings is 1. The topological polar surface area (TPSA) is 70.4 Å². The maximum atomic E-state index is 11.5. The molecule has 4 N–H and O–H groups in total. The number of nitrogens with one attached hydrogen (secondary N) is 2. The molecule has 0 radical (unpaired) electrons. The highest BCUT2D eigenvalue weighted by atomic mass is 16.1. The van der Waals surface area contributed by atoms with E-state index < -0.39 is 0 Å². The number of amides is 1. The van der Waals surface area contributed by atoms with Crippen molar-refractivity contribution in [3.8, 4) is 0 Å². The van der Waals surface area contributed by atoms with Crippen molar-refractivity contribution in [1.82, 2.24) is 10.6 Å². The van der Waals surface area contributed by atoms with Crippen molar-refractivity contribution in [1.29, 1.82) is 0 Å². The Labute approximate surface area is 101 Å². The Bertz CT molecular complexity index is 413. The molecule has 1 aliphatic heterocycles. The van der Waals surface area contributed by atoms with Crippen LogP contribution in [0.3, 0.4) is 0 Å². The highest BCUT2D eigenvalue weighted by Gasteiger charge is 2.14. The summed E-state index contributed by atoms with van der Waals surface area (Å²) in [5, 5.41) is 5.89. The molecule has 0 saturated carbocycles. The Morgan fingerprint density at radius 3 is 2.71 bits per heavy atom. The number of piperazine rings is 1. The van der Waals surface area contributed by atoms with E-state index in [-0.39, 0.29) is 5.91 Å². The lowest BCUT2D eigenvalue weighted by Crippen LogP contribution is -2.43. The highest BCUT2D eigenvalue weighted by Crippen LogP contribution is 2.24. The molecule has 0 aromatic heterocycles. The molecule has 1 aromatic carbocycles. The lowest BCUT2D eigenvalue weighted by molar-refractivity contribution is 0.0963. The van der Waals surface area contributed by atoms with E-state index in [1.807, 2.05) is 12.1 Å². The van der Waals surface area contributed by atoms with Crippen molar-refractivity contribution in [2.24, 2.45) is 0 Å². The Kier molecular flexibility index (Phi) is 3.49. The summed E-state index contributed by atoms with van der Waals surface area (Å²) >= 11 is 0. The van der Waals surface area contributed by atoms with E-state index in [2.05, 4.69) is 15.5 Å². The van der Waals surface area contributed by atoms with Crippen LogP contribution in [-0.4, -0.2) is 39.1 Å². The summed E-state index contributed by atoms with van der Waals surface area (Å²) in [6, 6.07) is 5.47. The molecule has 1 heterocycles. The Morgan fingerprint density at radius 1 is 1.41 bits per heavy atom. The van der Waals surface area contributed by atoms with E-state index in [1.165, 1.54) is 0 Å². The second-order valence-electron chi connectivity index (χ2n) is 4.09. The quantitative estimate of drug-likeness (QED) is 0.632. The van der Waals surface area contributed by atoms with Crippen molar-refractivity contribution in [2.45, 2.75) is 0 Å². The maximum absolute atomic E-state index is 11.5. The average molecular weight is 234 g/mol. The molecular formula is C12H18N4O. The standard InChI is InChI=1S/C12H18N4O/c1-14-12(17)9-2-3-11(10(13)8-9)16-6-4-15-5-7-16/h2-3,8,15H,4-7,13H2,1H3,(H,14,17). The second kappa shape index (κ2) is 5.05. The Hall–Kier alpha value is -1.75. The third kappa shape index (κ3) is 2.50. The second-order valence-corrected chi connectivity index (χ2v) is 4.09. The first-order valence-electron chi connectivity index (χ1n) is 5.79. The number of hydrogen-bond donors (Lipinski definition) is 3. The van der Waals surface area contributed by atoms with Gasteiger partial charge >= 0.3 is 0 Å². The molecule has 5 nitrogen and oxygen atoms in total. The summed E-state index contributed by atoms with van der Waals surface area (Å²) in [6.45, 7) is 3.83. The molecule has 17 heavy (non-hydrogen) atoms. The smallest absolute Gasteiger partial charge is 0.251 e. The predicted octanol–water partition coefficient (Wildman–Crippen LogP) is 0.0380. The normalized spacial score (nSPS) is 15.7. The first kappa shape index (κ1) is 11.7. The molecule has 0 aliphatic carbocycles. The van der Waals surface area contributed by atoms with Gasteiger partial charge in [0.05, 0.1) is 11.4 Å². The van der Waals surface area contributed by atoms with Gasteiger partial charge in [-0.1, -0.05) is 0 Å². The molecule has 1 aromatic rings. The number of anilines is 2. The van der Waals surface area contributed by atoms with Gasteiger partial charge in [0.25, 0.3) is 5.91 Å². The summed E-state index contributed by atoms with van der Waals surface area (Å²) in [5.74, 6) is -0.108. The minimum Gasteiger partial charge on any atom is -0.397 e. The molecule has 0 bridgehead atoms. The third-order valence-electron chi connectivity index (χ3n) is 2.97. The van der Waals surface area contributed by atoms with Gasteiger partial charge in [-0.15, -0.1) is 0 Å². The van der Waals surface area contributed by atoms with Crippen molar-refractivity contribution >= 4 is 17.3 Å². The molecule has 1 amide bonds. The van der Waals surface area contributed by atoms with E-state index in [0.717, 1.165) is 31.9 Å². The van der Waals surface area contributed by atoms with Crippen molar-refractivity contribution in [2.75, 3.05) is 43.9 Å². The fourth-order valence-corrected chi connectivity index (χ4v) is 2.03.